The van der Waals surface area contributed by atoms with Crippen molar-refractivity contribution in [2.45, 2.75) is 20.3 Å². The van der Waals surface area contributed by atoms with Gasteiger partial charge < -0.3 is 0 Å². The molecule has 0 radical (unpaired) electrons. The van der Waals surface area contributed by atoms with Crippen molar-refractivity contribution in [3.8, 4) is 12.3 Å². The van der Waals surface area contributed by atoms with Crippen LogP contribution in [0.25, 0.3) is 5.57 Å². The fraction of sp³-hybridized carbons (Fsp3) is 0.211. The van der Waals surface area contributed by atoms with E-state index in [1.807, 2.05) is 31.4 Å². The van der Waals surface area contributed by atoms with E-state index in [4.69, 9.17) is 6.42 Å². The highest BCUT2D eigenvalue weighted by molar-refractivity contribution is 5.82. The largest absolute Gasteiger partial charge is 0.259 e. The first kappa shape index (κ1) is 14.1. The Morgan fingerprint density at radius 2 is 2.20 bits per heavy atom. The molecule has 1 aromatic carbocycles. The number of terminal acetylenes is 1. The second-order valence-electron chi connectivity index (χ2n) is 4.78. The topological polar surface area (TPSA) is 12.4 Å². The number of hydrogen-bond acceptors (Lipinski definition) is 1. The van der Waals surface area contributed by atoms with E-state index in [1.54, 1.807) is 0 Å². The lowest BCUT2D eigenvalue weighted by atomic mass is 9.92. The third-order valence-corrected chi connectivity index (χ3v) is 3.38. The van der Waals surface area contributed by atoms with Crippen LogP contribution in [0.4, 0.5) is 0 Å². The zero-order chi connectivity index (χ0) is 14.4. The van der Waals surface area contributed by atoms with Gasteiger partial charge in [0, 0.05) is 11.8 Å². The van der Waals surface area contributed by atoms with Gasteiger partial charge in [0.05, 0.1) is 11.6 Å². The number of hydrogen-bond donors (Lipinski definition) is 0. The minimum atomic E-state index is 0.0239. The summed E-state index contributed by atoms with van der Waals surface area (Å²) in [6, 6.07) is 8.34. The molecule has 1 heterocycles. The summed E-state index contributed by atoms with van der Waals surface area (Å²) in [4.78, 5) is 4.59. The summed E-state index contributed by atoms with van der Waals surface area (Å²) in [6.45, 7) is 4.13. The van der Waals surface area contributed by atoms with Gasteiger partial charge in [-0.25, -0.2) is 0 Å². The Balaban J connectivity index is 2.65. The Labute approximate surface area is 121 Å². The lowest BCUT2D eigenvalue weighted by Gasteiger charge is -2.15. The van der Waals surface area contributed by atoms with Crippen molar-refractivity contribution in [2.75, 3.05) is 0 Å². The third kappa shape index (κ3) is 2.97. The van der Waals surface area contributed by atoms with Gasteiger partial charge in [0.1, 0.15) is 0 Å². The molecule has 1 nitrogen and oxygen atoms in total. The molecule has 1 aliphatic heterocycles. The molecular formula is C19H19N. The highest BCUT2D eigenvalue weighted by Gasteiger charge is 2.16. The van der Waals surface area contributed by atoms with Crippen LogP contribution < -0.4 is 0 Å². The van der Waals surface area contributed by atoms with E-state index in [-0.39, 0.29) is 5.92 Å². The molecule has 1 aromatic rings. The Morgan fingerprint density at radius 3 is 2.90 bits per heavy atom. The van der Waals surface area contributed by atoms with E-state index in [9.17, 15) is 0 Å². The van der Waals surface area contributed by atoms with Gasteiger partial charge in [0.2, 0.25) is 0 Å². The normalized spacial score (nSPS) is 20.8. The first-order valence-corrected chi connectivity index (χ1v) is 6.86. The lowest BCUT2D eigenvalue weighted by molar-refractivity contribution is 0.802. The summed E-state index contributed by atoms with van der Waals surface area (Å²) in [5.74, 6) is 2.89. The van der Waals surface area contributed by atoms with Gasteiger partial charge in [0.15, 0.2) is 0 Å². The van der Waals surface area contributed by atoms with Crippen LogP contribution in [0.15, 0.2) is 59.3 Å². The van der Waals surface area contributed by atoms with Gasteiger partial charge >= 0.3 is 0 Å². The molecule has 0 N–H and O–H groups in total. The molecule has 1 unspecified atom stereocenters. The molecule has 1 aliphatic rings. The summed E-state index contributed by atoms with van der Waals surface area (Å²) >= 11 is 0. The summed E-state index contributed by atoms with van der Waals surface area (Å²) in [6.07, 6.45) is 16.5. The molecule has 1 atom stereocenters. The molecule has 0 aromatic heterocycles. The van der Waals surface area contributed by atoms with Crippen molar-refractivity contribution in [2.24, 2.45) is 10.9 Å². The Kier molecular flexibility index (Phi) is 4.74. The summed E-state index contributed by atoms with van der Waals surface area (Å²) in [7, 11) is 0. The molecular weight excluding hydrogens is 242 g/mol. The van der Waals surface area contributed by atoms with E-state index in [0.717, 1.165) is 17.7 Å². The first-order valence-electron chi connectivity index (χ1n) is 6.86. The van der Waals surface area contributed by atoms with Gasteiger partial charge in [-0.1, -0.05) is 48.4 Å². The van der Waals surface area contributed by atoms with E-state index >= 15 is 0 Å². The fourth-order valence-corrected chi connectivity index (χ4v) is 2.36. The number of allylic oxidation sites excluding steroid dienone is 6. The van der Waals surface area contributed by atoms with E-state index in [0.29, 0.717) is 0 Å². The van der Waals surface area contributed by atoms with Crippen molar-refractivity contribution < 1.29 is 0 Å². The Morgan fingerprint density at radius 1 is 1.40 bits per heavy atom. The second kappa shape index (κ2) is 6.73. The van der Waals surface area contributed by atoms with Crippen LogP contribution >= 0.6 is 0 Å². The molecule has 0 bridgehead atoms. The molecule has 2 rings (SSSR count). The van der Waals surface area contributed by atoms with Crippen LogP contribution in [0.3, 0.4) is 0 Å². The predicted molar refractivity (Wildman–Crippen MR) is 87.5 cm³/mol. The minimum absolute atomic E-state index is 0.0239. The number of benzene rings is 1. The molecule has 1 heteroatoms. The standard InChI is InChI=1S/C19H19N/c1-4-10-18(17-13-7-6-11-15(17)3)19-16(5-2)12-8-9-14-20-19/h2,4,6-11,13-14,16H,12H2,1,3H3/b10-4-,19-18-. The van der Waals surface area contributed by atoms with Crippen molar-refractivity contribution >= 4 is 11.8 Å². The van der Waals surface area contributed by atoms with Crippen LogP contribution in [-0.2, 0) is 0 Å². The molecule has 0 saturated heterocycles. The maximum absolute atomic E-state index is 5.70. The van der Waals surface area contributed by atoms with Crippen molar-refractivity contribution in [1.82, 2.24) is 0 Å². The van der Waals surface area contributed by atoms with Gasteiger partial charge in [-0.3, -0.25) is 4.99 Å². The van der Waals surface area contributed by atoms with Crippen LogP contribution in [0.1, 0.15) is 24.5 Å². The molecule has 0 aliphatic carbocycles. The fourth-order valence-electron chi connectivity index (χ4n) is 2.36. The minimum Gasteiger partial charge on any atom is -0.259 e. The molecule has 0 saturated carbocycles. The molecule has 20 heavy (non-hydrogen) atoms. The molecule has 0 fully saturated rings. The van der Waals surface area contributed by atoms with Crippen LogP contribution in [0, 0.1) is 25.2 Å². The highest BCUT2D eigenvalue weighted by atomic mass is 14.7. The van der Waals surface area contributed by atoms with Gasteiger partial charge in [-0.05, 0) is 37.5 Å². The molecule has 100 valence electrons. The van der Waals surface area contributed by atoms with E-state index in [2.05, 4.69) is 48.2 Å². The maximum Gasteiger partial charge on any atom is 0.0663 e. The smallest absolute Gasteiger partial charge is 0.0663 e. The number of aliphatic imine (C=N–C) groups is 1. The number of nitrogens with zero attached hydrogens (tertiary/aromatic N) is 1. The summed E-state index contributed by atoms with van der Waals surface area (Å²) in [5.41, 5.74) is 4.52. The van der Waals surface area contributed by atoms with Crippen molar-refractivity contribution in [1.29, 1.82) is 0 Å². The first-order chi connectivity index (χ1) is 9.77. The lowest BCUT2D eigenvalue weighted by Crippen LogP contribution is -2.02. The average Bonchev–Trinajstić information content (AvgIpc) is 2.71. The maximum atomic E-state index is 5.70. The number of rotatable bonds is 2. The Hall–Kier alpha value is -2.33. The van der Waals surface area contributed by atoms with Gasteiger partial charge in [-0.15, -0.1) is 6.42 Å². The second-order valence-corrected chi connectivity index (χ2v) is 4.78. The zero-order valence-corrected chi connectivity index (χ0v) is 12.0. The van der Waals surface area contributed by atoms with Crippen molar-refractivity contribution in [3.63, 3.8) is 0 Å². The summed E-state index contributed by atoms with van der Waals surface area (Å²) in [5, 5.41) is 0. The zero-order valence-electron chi connectivity index (χ0n) is 12.0. The highest BCUT2D eigenvalue weighted by Crippen LogP contribution is 2.30. The van der Waals surface area contributed by atoms with Crippen LogP contribution in [0.2, 0.25) is 0 Å². The quantitative estimate of drug-likeness (QED) is 0.692. The van der Waals surface area contributed by atoms with E-state index < -0.39 is 0 Å². The van der Waals surface area contributed by atoms with Crippen LogP contribution in [0.5, 0.6) is 0 Å². The molecule has 0 spiro atoms. The average molecular weight is 261 g/mol. The number of aryl methyl sites for hydroxylation is 1. The molecule has 0 amide bonds. The van der Waals surface area contributed by atoms with E-state index in [1.165, 1.54) is 11.1 Å². The van der Waals surface area contributed by atoms with Gasteiger partial charge in [0.25, 0.3) is 0 Å². The third-order valence-electron chi connectivity index (χ3n) is 3.38. The summed E-state index contributed by atoms with van der Waals surface area (Å²) < 4.78 is 0. The predicted octanol–water partition coefficient (Wildman–Crippen LogP) is 4.56. The Bertz CT molecular complexity index is 636. The van der Waals surface area contributed by atoms with Gasteiger partial charge in [-0.2, -0.15) is 0 Å². The van der Waals surface area contributed by atoms with Crippen LogP contribution in [-0.4, -0.2) is 6.21 Å². The SMILES string of the molecule is C#CC1CC=CC=N/C1=C(/C=C\C)c1ccccc1C. The van der Waals surface area contributed by atoms with Crippen molar-refractivity contribution in [3.05, 3.63) is 65.4 Å². The monoisotopic (exact) mass is 261 g/mol.